The van der Waals surface area contributed by atoms with Gasteiger partial charge in [0.15, 0.2) is 0 Å². The second-order valence-electron chi connectivity index (χ2n) is 1.77. The Morgan fingerprint density at radius 3 is 2.14 bits per heavy atom. The summed E-state index contributed by atoms with van der Waals surface area (Å²) in [5, 5.41) is 8.27. The molecule has 0 radical (unpaired) electrons. The molecule has 94 valence electrons. The first-order valence-electron chi connectivity index (χ1n) is 2.89. The number of rotatable bonds is 4. The van der Waals surface area contributed by atoms with Crippen LogP contribution in [0.1, 0.15) is 6.42 Å². The molecule has 9 N–H and O–H groups in total. The summed E-state index contributed by atoms with van der Waals surface area (Å²) in [7, 11) is 9.75. The Morgan fingerprint density at radius 2 is 1.93 bits per heavy atom. The van der Waals surface area contributed by atoms with Crippen molar-refractivity contribution in [1.29, 1.82) is 0 Å². The standard InChI is InChI=1S/C5H11NO2S.2ClH.2H3N.Pt/c1-9-3-2-4(6)5(7)8;;;;;/h4H,2-3,6H2,1H3,(H,7,8);2*1H;2*1H3;/q;;;;;+2/p-2/t4-;;;;;/m1...../s1. The van der Waals surface area contributed by atoms with Crippen LogP contribution in [0.4, 0.5) is 0 Å². The summed E-state index contributed by atoms with van der Waals surface area (Å²) in [6.07, 6.45) is 2.48. The minimum absolute atomic E-state index is 0. The van der Waals surface area contributed by atoms with Gasteiger partial charge in [-0.3, -0.25) is 4.79 Å². The summed E-state index contributed by atoms with van der Waals surface area (Å²) in [5.41, 5.74) is 5.19. The van der Waals surface area contributed by atoms with Gasteiger partial charge >= 0.3 is 41.3 Å². The number of hydrogen-bond donors (Lipinski definition) is 4. The molecule has 0 aromatic heterocycles. The van der Waals surface area contributed by atoms with Crippen molar-refractivity contribution in [2.45, 2.75) is 12.5 Å². The summed E-state index contributed by atoms with van der Waals surface area (Å²) in [6.45, 7) is 0. The van der Waals surface area contributed by atoms with E-state index in [-0.39, 0.29) is 12.3 Å². The van der Waals surface area contributed by atoms with E-state index in [2.05, 4.69) is 0 Å². The topological polar surface area (TPSA) is 133 Å². The molecule has 0 amide bonds. The maximum absolute atomic E-state index is 10.1. The molecular weight excluding hydrogens is 432 g/mol. The molecule has 0 saturated heterocycles. The first kappa shape index (κ1) is 24.3. The molecule has 9 heteroatoms. The van der Waals surface area contributed by atoms with Gasteiger partial charge in [-0.25, -0.2) is 0 Å². The number of nitrogens with two attached hydrogens (primary N) is 1. The molecule has 0 aromatic carbocycles. The molecule has 0 unspecified atom stereocenters. The predicted octanol–water partition coefficient (Wildman–Crippen LogP) is 1.85. The summed E-state index contributed by atoms with van der Waals surface area (Å²) < 4.78 is 0. The molecule has 1 atom stereocenters. The summed E-state index contributed by atoms with van der Waals surface area (Å²) in [4.78, 5) is 10.1. The molecule has 0 aliphatic heterocycles. The van der Waals surface area contributed by atoms with Crippen LogP contribution in [0, 0.1) is 0 Å². The van der Waals surface area contributed by atoms with Crippen LogP contribution in [-0.2, 0) is 21.3 Å². The van der Waals surface area contributed by atoms with Crippen molar-refractivity contribution in [3.05, 3.63) is 0 Å². The van der Waals surface area contributed by atoms with Crippen molar-refractivity contribution in [3.63, 3.8) is 0 Å². The van der Waals surface area contributed by atoms with Crippen molar-refractivity contribution in [1.82, 2.24) is 12.3 Å². The summed E-state index contributed by atoms with van der Waals surface area (Å²) >= 11 is 1.13. The normalized spacial score (nSPS) is 10.0. The third-order valence-electron chi connectivity index (χ3n) is 0.950. The van der Waals surface area contributed by atoms with Gasteiger partial charge in [-0.15, -0.1) is 0 Å². The van der Waals surface area contributed by atoms with Crippen LogP contribution < -0.4 is 18.0 Å². The number of thioether (sulfide) groups is 1. The molecule has 0 aliphatic rings. The Morgan fingerprint density at radius 1 is 1.57 bits per heavy atom. The van der Waals surface area contributed by atoms with Crippen LogP contribution in [0.25, 0.3) is 0 Å². The first-order chi connectivity index (χ1) is 5.59. The molecule has 14 heavy (non-hydrogen) atoms. The van der Waals surface area contributed by atoms with Crippen LogP contribution in [-0.4, -0.2) is 29.1 Å². The molecule has 0 aliphatic carbocycles. The van der Waals surface area contributed by atoms with E-state index in [0.29, 0.717) is 6.42 Å². The van der Waals surface area contributed by atoms with Gasteiger partial charge in [0.05, 0.1) is 0 Å². The zero-order chi connectivity index (χ0) is 9.98. The van der Waals surface area contributed by atoms with Crippen molar-refractivity contribution < 1.29 is 26.4 Å². The number of aliphatic carboxylic acids is 1. The van der Waals surface area contributed by atoms with Gasteiger partial charge in [0.25, 0.3) is 0 Å². The van der Waals surface area contributed by atoms with Crippen molar-refractivity contribution in [3.8, 4) is 0 Å². The summed E-state index contributed by atoms with van der Waals surface area (Å²) in [5.74, 6) is -0.1000. The fourth-order valence-corrected chi connectivity index (χ4v) is 0.858. The number of hydrogen-bond acceptors (Lipinski definition) is 5. The van der Waals surface area contributed by atoms with E-state index in [0.717, 1.165) is 5.75 Å². The molecule has 0 aromatic rings. The van der Waals surface area contributed by atoms with E-state index >= 15 is 0 Å². The monoisotopic (exact) mass is 448 g/mol. The molecule has 5 nitrogen and oxygen atoms in total. The van der Waals surface area contributed by atoms with Gasteiger partial charge in [0, 0.05) is 0 Å². The average molecular weight is 449 g/mol. The van der Waals surface area contributed by atoms with Gasteiger partial charge in [0.2, 0.25) is 0 Å². The fourth-order valence-electron chi connectivity index (χ4n) is 0.368. The van der Waals surface area contributed by atoms with E-state index < -0.39 is 28.5 Å². The van der Waals surface area contributed by atoms with E-state index in [1.54, 1.807) is 11.8 Å². The number of carboxylic acids is 1. The van der Waals surface area contributed by atoms with Gasteiger partial charge in [0.1, 0.15) is 6.04 Å². The average Bonchev–Trinajstić information content (AvgIpc) is 2.01. The van der Waals surface area contributed by atoms with E-state index in [9.17, 15) is 4.79 Å². The molecule has 0 fully saturated rings. The van der Waals surface area contributed by atoms with Crippen LogP contribution in [0.15, 0.2) is 0 Å². The van der Waals surface area contributed by atoms with E-state index in [4.69, 9.17) is 29.7 Å². The molecule has 0 heterocycles. The van der Waals surface area contributed by atoms with Crippen LogP contribution in [0.3, 0.4) is 0 Å². The Hall–Kier alpha value is 0.968. The Labute approximate surface area is 105 Å². The quantitative estimate of drug-likeness (QED) is 0.518. The second kappa shape index (κ2) is 19.5. The Bertz CT molecular complexity index is 125. The third kappa shape index (κ3) is 23.1. The second-order valence-corrected chi connectivity index (χ2v) is 6.04. The molecule has 0 saturated carbocycles. The van der Waals surface area contributed by atoms with Gasteiger partial charge in [-0.2, -0.15) is 11.8 Å². The van der Waals surface area contributed by atoms with Gasteiger partial charge in [-0.1, -0.05) is 0 Å². The molecule has 0 bridgehead atoms. The van der Waals surface area contributed by atoms with Crippen LogP contribution in [0.5, 0.6) is 0 Å². The van der Waals surface area contributed by atoms with Crippen LogP contribution in [0.2, 0.25) is 0 Å². The summed E-state index contributed by atoms with van der Waals surface area (Å²) in [6, 6.07) is -0.683. The molecule has 0 rings (SSSR count). The molecule has 0 spiro atoms. The minimum atomic E-state index is -0.913. The number of halogens is 2. The first-order valence-corrected chi connectivity index (χ1v) is 9.92. The van der Waals surface area contributed by atoms with E-state index in [1.165, 1.54) is 0 Å². The fraction of sp³-hybridized carbons (Fsp3) is 0.800. The zero-order valence-corrected chi connectivity index (χ0v) is 12.4. The number of carbonyl (C=O) groups is 1. The van der Waals surface area contributed by atoms with Gasteiger partial charge in [-0.05, 0) is 18.4 Å². The van der Waals surface area contributed by atoms with Crippen molar-refractivity contribution >= 4 is 36.6 Å². The van der Waals surface area contributed by atoms with Gasteiger partial charge < -0.3 is 23.1 Å². The Kier molecular flexibility index (Phi) is 33.9. The SMILES string of the molecule is CSCC[C@@H](N)C(=O)O.N.N.[Cl][Pt][Cl]. The van der Waals surface area contributed by atoms with Crippen molar-refractivity contribution in [2.75, 3.05) is 12.0 Å². The van der Waals surface area contributed by atoms with E-state index in [1.807, 2.05) is 6.26 Å². The molecular formula is C5H17Cl2N3O2PtS. The van der Waals surface area contributed by atoms with Crippen molar-refractivity contribution in [2.24, 2.45) is 5.73 Å². The Balaban J connectivity index is -0.0000000891. The number of carboxylic acid groups (broad SMARTS) is 1. The maximum atomic E-state index is 10.1. The predicted molar refractivity (Wildman–Crippen MR) is 60.4 cm³/mol. The zero-order valence-electron chi connectivity index (χ0n) is 7.82. The van der Waals surface area contributed by atoms with Crippen LogP contribution >= 0.6 is 30.6 Å². The third-order valence-corrected chi connectivity index (χ3v) is 1.59.